The number of benzene rings is 1. The molecule has 0 bridgehead atoms. The molecule has 0 spiro atoms. The maximum Gasteiger partial charge on any atom is 0.274 e. The van der Waals surface area contributed by atoms with Crippen molar-refractivity contribution >= 4 is 11.6 Å². The maximum atomic E-state index is 13.1. The second-order valence-electron chi connectivity index (χ2n) is 8.04. The minimum Gasteiger partial charge on any atom is -0.378 e. The first-order chi connectivity index (χ1) is 14.0. The minimum absolute atomic E-state index is 0.0524. The lowest BCUT2D eigenvalue weighted by molar-refractivity contribution is 0.0764. The zero-order valence-corrected chi connectivity index (χ0v) is 17.6. The van der Waals surface area contributed by atoms with Crippen LogP contribution in [-0.4, -0.2) is 60.5 Å². The number of nitrogens with zero attached hydrogens (tertiary/aromatic N) is 4. The van der Waals surface area contributed by atoms with E-state index in [0.717, 1.165) is 49.5 Å². The highest BCUT2D eigenvalue weighted by atomic mass is 16.5. The van der Waals surface area contributed by atoms with Crippen LogP contribution >= 0.6 is 0 Å². The van der Waals surface area contributed by atoms with E-state index in [0.29, 0.717) is 25.5 Å². The standard InChI is InChI=1S/C22H30N4O3/c1-16(2)26-20-8-11-29-15-19(20)21(23-26)22(27)24(3)14-17-4-6-18(7-5-17)25-9-12-28-13-10-25/h4-7,16H,8-15H2,1-3H3. The average molecular weight is 399 g/mol. The Balaban J connectivity index is 1.47. The number of carbonyl (C=O) groups excluding carboxylic acids is 1. The fourth-order valence-electron chi connectivity index (χ4n) is 4.02. The molecule has 0 N–H and O–H groups in total. The van der Waals surface area contributed by atoms with Gasteiger partial charge in [-0.3, -0.25) is 9.48 Å². The molecule has 1 aromatic heterocycles. The lowest BCUT2D eigenvalue weighted by atomic mass is 10.1. The van der Waals surface area contributed by atoms with Crippen LogP contribution in [0.4, 0.5) is 5.69 Å². The highest BCUT2D eigenvalue weighted by Crippen LogP contribution is 2.25. The number of rotatable bonds is 5. The molecular weight excluding hydrogens is 368 g/mol. The van der Waals surface area contributed by atoms with E-state index in [4.69, 9.17) is 9.47 Å². The van der Waals surface area contributed by atoms with Crippen molar-refractivity contribution in [2.45, 2.75) is 39.5 Å². The fraction of sp³-hybridized carbons (Fsp3) is 0.545. The topological polar surface area (TPSA) is 59.8 Å². The Kier molecular flexibility index (Phi) is 5.87. The monoisotopic (exact) mass is 398 g/mol. The highest BCUT2D eigenvalue weighted by Gasteiger charge is 2.28. The molecule has 1 aromatic carbocycles. The van der Waals surface area contributed by atoms with E-state index in [1.165, 1.54) is 5.69 Å². The van der Waals surface area contributed by atoms with Crippen LogP contribution in [0.25, 0.3) is 0 Å². The van der Waals surface area contributed by atoms with Crippen molar-refractivity contribution < 1.29 is 14.3 Å². The molecule has 7 nitrogen and oxygen atoms in total. The second-order valence-corrected chi connectivity index (χ2v) is 8.04. The number of ether oxygens (including phenoxy) is 2. The van der Waals surface area contributed by atoms with Gasteiger partial charge in [-0.25, -0.2) is 0 Å². The van der Waals surface area contributed by atoms with Crippen LogP contribution < -0.4 is 4.90 Å². The summed E-state index contributed by atoms with van der Waals surface area (Å²) in [6.07, 6.45) is 0.806. The summed E-state index contributed by atoms with van der Waals surface area (Å²) in [4.78, 5) is 17.2. The van der Waals surface area contributed by atoms with Gasteiger partial charge in [-0.1, -0.05) is 12.1 Å². The van der Waals surface area contributed by atoms with Gasteiger partial charge in [0.1, 0.15) is 0 Å². The van der Waals surface area contributed by atoms with Gasteiger partial charge in [-0.2, -0.15) is 5.10 Å². The van der Waals surface area contributed by atoms with Crippen molar-refractivity contribution in [1.82, 2.24) is 14.7 Å². The summed E-state index contributed by atoms with van der Waals surface area (Å²) in [5.74, 6) is -0.0524. The Morgan fingerprint density at radius 1 is 1.14 bits per heavy atom. The molecule has 7 heteroatoms. The van der Waals surface area contributed by atoms with E-state index < -0.39 is 0 Å². The van der Waals surface area contributed by atoms with Gasteiger partial charge in [0.15, 0.2) is 5.69 Å². The van der Waals surface area contributed by atoms with Gasteiger partial charge in [-0.15, -0.1) is 0 Å². The number of hydrogen-bond acceptors (Lipinski definition) is 5. The van der Waals surface area contributed by atoms with E-state index in [9.17, 15) is 4.79 Å². The third kappa shape index (κ3) is 4.16. The third-order valence-electron chi connectivity index (χ3n) is 5.62. The molecule has 1 amide bonds. The number of carbonyl (C=O) groups is 1. The molecule has 2 aromatic rings. The lowest BCUT2D eigenvalue weighted by Gasteiger charge is -2.29. The molecule has 2 aliphatic heterocycles. The van der Waals surface area contributed by atoms with Crippen LogP contribution in [0.2, 0.25) is 0 Å². The molecule has 2 aliphatic rings. The second kappa shape index (κ2) is 8.55. The first kappa shape index (κ1) is 19.9. The number of hydrogen-bond donors (Lipinski definition) is 0. The van der Waals surface area contributed by atoms with E-state index >= 15 is 0 Å². The van der Waals surface area contributed by atoms with Crippen LogP contribution in [0.15, 0.2) is 24.3 Å². The molecule has 3 heterocycles. The molecular formula is C22H30N4O3. The third-order valence-corrected chi connectivity index (χ3v) is 5.62. The Hall–Kier alpha value is -2.38. The number of anilines is 1. The predicted octanol–water partition coefficient (Wildman–Crippen LogP) is 2.65. The van der Waals surface area contributed by atoms with Crippen molar-refractivity contribution in [3.05, 3.63) is 46.8 Å². The predicted molar refractivity (Wildman–Crippen MR) is 111 cm³/mol. The molecule has 1 fully saturated rings. The van der Waals surface area contributed by atoms with Gasteiger partial charge in [0.25, 0.3) is 5.91 Å². The Labute approximate surface area is 172 Å². The Morgan fingerprint density at radius 2 is 1.86 bits per heavy atom. The lowest BCUT2D eigenvalue weighted by Crippen LogP contribution is -2.36. The quantitative estimate of drug-likeness (QED) is 0.775. The van der Waals surface area contributed by atoms with E-state index in [1.807, 2.05) is 11.7 Å². The normalized spacial score (nSPS) is 16.8. The van der Waals surface area contributed by atoms with Gasteiger partial charge in [0.05, 0.1) is 26.4 Å². The smallest absolute Gasteiger partial charge is 0.274 e. The van der Waals surface area contributed by atoms with Crippen LogP contribution in [0.3, 0.4) is 0 Å². The van der Waals surface area contributed by atoms with Crippen LogP contribution in [0.1, 0.15) is 47.2 Å². The van der Waals surface area contributed by atoms with Crippen molar-refractivity contribution in [2.75, 3.05) is 44.9 Å². The number of fused-ring (bicyclic) bond motifs is 1. The van der Waals surface area contributed by atoms with E-state index in [1.54, 1.807) is 4.90 Å². The summed E-state index contributed by atoms with van der Waals surface area (Å²) in [5, 5.41) is 4.66. The minimum atomic E-state index is -0.0524. The SMILES string of the molecule is CC(C)n1nc(C(=O)N(C)Cc2ccc(N3CCOCC3)cc2)c2c1CCOC2. The zero-order chi connectivity index (χ0) is 20.4. The largest absolute Gasteiger partial charge is 0.378 e. The van der Waals surface area contributed by atoms with Crippen molar-refractivity contribution in [3.63, 3.8) is 0 Å². The Bertz CT molecular complexity index is 854. The highest BCUT2D eigenvalue weighted by molar-refractivity contribution is 5.93. The van der Waals surface area contributed by atoms with Crippen molar-refractivity contribution in [3.8, 4) is 0 Å². The fourth-order valence-corrected chi connectivity index (χ4v) is 4.02. The molecule has 4 rings (SSSR count). The van der Waals surface area contributed by atoms with Gasteiger partial charge in [-0.05, 0) is 31.5 Å². The van der Waals surface area contributed by atoms with Gasteiger partial charge < -0.3 is 19.3 Å². The van der Waals surface area contributed by atoms with Crippen LogP contribution in [0, 0.1) is 0 Å². The first-order valence-corrected chi connectivity index (χ1v) is 10.4. The number of aromatic nitrogens is 2. The molecule has 0 radical (unpaired) electrons. The molecule has 0 saturated carbocycles. The van der Waals surface area contributed by atoms with Crippen LogP contribution in [-0.2, 0) is 29.0 Å². The summed E-state index contributed by atoms with van der Waals surface area (Å²) in [7, 11) is 1.84. The van der Waals surface area contributed by atoms with E-state index in [-0.39, 0.29) is 11.9 Å². The average Bonchev–Trinajstić information content (AvgIpc) is 3.14. The maximum absolute atomic E-state index is 13.1. The zero-order valence-electron chi connectivity index (χ0n) is 17.6. The molecule has 0 unspecified atom stereocenters. The molecule has 1 saturated heterocycles. The van der Waals surface area contributed by atoms with Gasteiger partial charge in [0.2, 0.25) is 0 Å². The summed E-state index contributed by atoms with van der Waals surface area (Å²) >= 11 is 0. The molecule has 29 heavy (non-hydrogen) atoms. The number of amides is 1. The van der Waals surface area contributed by atoms with Gasteiger partial charge in [0, 0.05) is 56.1 Å². The van der Waals surface area contributed by atoms with E-state index in [2.05, 4.69) is 48.1 Å². The first-order valence-electron chi connectivity index (χ1n) is 10.4. The van der Waals surface area contributed by atoms with Crippen LogP contribution in [0.5, 0.6) is 0 Å². The Morgan fingerprint density at radius 3 is 2.55 bits per heavy atom. The summed E-state index contributed by atoms with van der Waals surface area (Å²) in [6, 6.07) is 8.67. The number of morpholine rings is 1. The van der Waals surface area contributed by atoms with Crippen molar-refractivity contribution in [2.24, 2.45) is 0 Å². The van der Waals surface area contributed by atoms with Crippen molar-refractivity contribution in [1.29, 1.82) is 0 Å². The molecule has 156 valence electrons. The van der Waals surface area contributed by atoms with Gasteiger partial charge >= 0.3 is 0 Å². The summed E-state index contributed by atoms with van der Waals surface area (Å²) in [6.45, 7) is 9.27. The summed E-state index contributed by atoms with van der Waals surface area (Å²) in [5.41, 5.74) is 4.92. The molecule has 0 aliphatic carbocycles. The summed E-state index contributed by atoms with van der Waals surface area (Å²) < 4.78 is 13.0. The molecule has 0 atom stereocenters.